The minimum Gasteiger partial charge on any atom is -0.347 e. The second kappa shape index (κ2) is 4.23. The average Bonchev–Trinajstić information content (AvgIpc) is 3.03. The van der Waals surface area contributed by atoms with E-state index in [4.69, 9.17) is 0 Å². The van der Waals surface area contributed by atoms with E-state index < -0.39 is 0 Å². The minimum atomic E-state index is -0.310. The number of aromatic nitrogens is 1. The standard InChI is InChI=1S/C15H15FN2O/c1-18-10-2-3-13(18)14(19)17-15(8-9-15)11-4-6-12(16)7-5-11/h2-7,10H,8-9H2,1H3,(H,17,19). The Kier molecular flexibility index (Phi) is 2.66. The summed E-state index contributed by atoms with van der Waals surface area (Å²) in [5, 5.41) is 3.06. The molecule has 1 aliphatic rings. The van der Waals surface area contributed by atoms with Crippen LogP contribution in [0, 0.1) is 5.82 Å². The number of benzene rings is 1. The predicted octanol–water partition coefficient (Wildman–Crippen LogP) is 2.58. The maximum atomic E-state index is 12.9. The molecule has 3 nitrogen and oxygen atoms in total. The zero-order valence-corrected chi connectivity index (χ0v) is 10.7. The van der Waals surface area contributed by atoms with Gasteiger partial charge in [-0.05, 0) is 42.7 Å². The van der Waals surface area contributed by atoms with Gasteiger partial charge < -0.3 is 9.88 Å². The lowest BCUT2D eigenvalue weighted by atomic mass is 10.0. The number of carbonyl (C=O) groups excluding carboxylic acids is 1. The van der Waals surface area contributed by atoms with Gasteiger partial charge in [0.25, 0.3) is 5.91 Å². The van der Waals surface area contributed by atoms with E-state index in [2.05, 4.69) is 5.32 Å². The number of nitrogens with one attached hydrogen (secondary N) is 1. The van der Waals surface area contributed by atoms with Gasteiger partial charge in [0.1, 0.15) is 11.5 Å². The van der Waals surface area contributed by atoms with Crippen LogP contribution in [0.15, 0.2) is 42.6 Å². The molecular weight excluding hydrogens is 243 g/mol. The molecule has 0 spiro atoms. The smallest absolute Gasteiger partial charge is 0.268 e. The van der Waals surface area contributed by atoms with Crippen LogP contribution in [0.4, 0.5) is 4.39 Å². The van der Waals surface area contributed by atoms with Crippen molar-refractivity contribution in [1.82, 2.24) is 9.88 Å². The van der Waals surface area contributed by atoms with E-state index in [0.717, 1.165) is 18.4 Å². The van der Waals surface area contributed by atoms with Crippen LogP contribution in [0.25, 0.3) is 0 Å². The highest BCUT2D eigenvalue weighted by Crippen LogP contribution is 2.45. The summed E-state index contributed by atoms with van der Waals surface area (Å²) >= 11 is 0. The molecular formula is C15H15FN2O. The molecule has 0 radical (unpaired) electrons. The van der Waals surface area contributed by atoms with Crippen molar-refractivity contribution in [3.8, 4) is 0 Å². The van der Waals surface area contributed by atoms with Gasteiger partial charge in [-0.25, -0.2) is 4.39 Å². The van der Waals surface area contributed by atoms with E-state index in [1.54, 1.807) is 22.8 Å². The Morgan fingerprint density at radius 2 is 1.95 bits per heavy atom. The van der Waals surface area contributed by atoms with Crippen LogP contribution in [-0.4, -0.2) is 10.5 Å². The summed E-state index contributed by atoms with van der Waals surface area (Å²) < 4.78 is 14.7. The molecule has 2 aromatic rings. The van der Waals surface area contributed by atoms with E-state index in [0.29, 0.717) is 5.69 Å². The first kappa shape index (κ1) is 12.0. The quantitative estimate of drug-likeness (QED) is 0.902. The van der Waals surface area contributed by atoms with Crippen LogP contribution in [-0.2, 0) is 12.6 Å². The van der Waals surface area contributed by atoms with Crippen molar-refractivity contribution < 1.29 is 9.18 Å². The zero-order chi connectivity index (χ0) is 13.5. The third-order valence-electron chi connectivity index (χ3n) is 3.68. The fraction of sp³-hybridized carbons (Fsp3) is 0.267. The third-order valence-corrected chi connectivity index (χ3v) is 3.68. The normalized spacial score (nSPS) is 16.1. The molecule has 1 fully saturated rings. The minimum absolute atomic E-state index is 0.0886. The van der Waals surface area contributed by atoms with Crippen LogP contribution >= 0.6 is 0 Å². The SMILES string of the molecule is Cn1cccc1C(=O)NC1(c2ccc(F)cc2)CC1. The number of aryl methyl sites for hydroxylation is 1. The molecule has 0 unspecified atom stereocenters. The molecule has 0 atom stereocenters. The Bertz CT molecular complexity index is 611. The van der Waals surface area contributed by atoms with Crippen LogP contribution in [0.3, 0.4) is 0 Å². The molecule has 1 aromatic carbocycles. The molecule has 1 heterocycles. The lowest BCUT2D eigenvalue weighted by Crippen LogP contribution is -2.35. The van der Waals surface area contributed by atoms with E-state index in [1.807, 2.05) is 19.3 Å². The Labute approximate surface area is 111 Å². The van der Waals surface area contributed by atoms with Gasteiger partial charge in [-0.15, -0.1) is 0 Å². The van der Waals surface area contributed by atoms with Gasteiger partial charge in [0.2, 0.25) is 0 Å². The lowest BCUT2D eigenvalue weighted by Gasteiger charge is -2.18. The maximum absolute atomic E-state index is 12.9. The molecule has 0 bridgehead atoms. The Balaban J connectivity index is 1.81. The molecule has 1 aromatic heterocycles. The fourth-order valence-corrected chi connectivity index (χ4v) is 2.36. The van der Waals surface area contributed by atoms with Crippen molar-refractivity contribution in [2.75, 3.05) is 0 Å². The highest BCUT2D eigenvalue weighted by Gasteiger charge is 2.45. The molecule has 19 heavy (non-hydrogen) atoms. The molecule has 4 heteroatoms. The molecule has 0 aliphatic heterocycles. The molecule has 3 rings (SSSR count). The first-order chi connectivity index (χ1) is 9.11. The lowest BCUT2D eigenvalue weighted by molar-refractivity contribution is 0.0922. The topological polar surface area (TPSA) is 34.0 Å². The largest absolute Gasteiger partial charge is 0.347 e. The van der Waals surface area contributed by atoms with Crippen molar-refractivity contribution in [2.45, 2.75) is 18.4 Å². The number of amides is 1. The Morgan fingerprint density at radius 3 is 2.47 bits per heavy atom. The van der Waals surface area contributed by atoms with Crippen LogP contribution in [0.1, 0.15) is 28.9 Å². The van der Waals surface area contributed by atoms with Crippen molar-refractivity contribution in [1.29, 1.82) is 0 Å². The van der Waals surface area contributed by atoms with Gasteiger partial charge in [-0.2, -0.15) is 0 Å². The molecule has 1 N–H and O–H groups in total. The van der Waals surface area contributed by atoms with E-state index in [1.165, 1.54) is 12.1 Å². The Morgan fingerprint density at radius 1 is 1.26 bits per heavy atom. The molecule has 1 saturated carbocycles. The summed E-state index contributed by atoms with van der Waals surface area (Å²) in [7, 11) is 1.84. The van der Waals surface area contributed by atoms with Crippen LogP contribution < -0.4 is 5.32 Å². The van der Waals surface area contributed by atoms with Crippen molar-refractivity contribution in [3.05, 3.63) is 59.7 Å². The highest BCUT2D eigenvalue weighted by molar-refractivity contribution is 5.93. The van der Waals surface area contributed by atoms with Crippen molar-refractivity contribution in [2.24, 2.45) is 7.05 Å². The summed E-state index contributed by atoms with van der Waals surface area (Å²) in [6, 6.07) is 9.98. The summed E-state index contributed by atoms with van der Waals surface area (Å²) in [4.78, 5) is 12.2. The van der Waals surface area contributed by atoms with Crippen LogP contribution in [0.2, 0.25) is 0 Å². The van der Waals surface area contributed by atoms with Gasteiger partial charge in [0, 0.05) is 13.2 Å². The monoisotopic (exact) mass is 258 g/mol. The second-order valence-electron chi connectivity index (χ2n) is 5.05. The number of nitrogens with zero attached hydrogens (tertiary/aromatic N) is 1. The molecule has 1 amide bonds. The first-order valence-corrected chi connectivity index (χ1v) is 6.31. The number of hydrogen-bond acceptors (Lipinski definition) is 1. The van der Waals surface area contributed by atoms with Crippen molar-refractivity contribution >= 4 is 5.91 Å². The number of rotatable bonds is 3. The van der Waals surface area contributed by atoms with Gasteiger partial charge in [-0.3, -0.25) is 4.79 Å². The number of halogens is 1. The van der Waals surface area contributed by atoms with Gasteiger partial charge in [0.15, 0.2) is 0 Å². The van der Waals surface area contributed by atoms with E-state index >= 15 is 0 Å². The van der Waals surface area contributed by atoms with Crippen molar-refractivity contribution in [3.63, 3.8) is 0 Å². The molecule has 0 saturated heterocycles. The second-order valence-corrected chi connectivity index (χ2v) is 5.05. The first-order valence-electron chi connectivity index (χ1n) is 6.31. The number of carbonyl (C=O) groups is 1. The fourth-order valence-electron chi connectivity index (χ4n) is 2.36. The Hall–Kier alpha value is -2.10. The van der Waals surface area contributed by atoms with Gasteiger partial charge in [-0.1, -0.05) is 12.1 Å². The summed E-state index contributed by atoms with van der Waals surface area (Å²) in [6.07, 6.45) is 3.63. The molecule has 98 valence electrons. The average molecular weight is 258 g/mol. The zero-order valence-electron chi connectivity index (χ0n) is 10.7. The summed E-state index contributed by atoms with van der Waals surface area (Å²) in [6.45, 7) is 0. The molecule has 1 aliphatic carbocycles. The van der Waals surface area contributed by atoms with Gasteiger partial charge in [0.05, 0.1) is 5.54 Å². The third kappa shape index (κ3) is 2.14. The van der Waals surface area contributed by atoms with E-state index in [-0.39, 0.29) is 17.3 Å². The van der Waals surface area contributed by atoms with E-state index in [9.17, 15) is 9.18 Å². The number of hydrogen-bond donors (Lipinski definition) is 1. The summed E-state index contributed by atoms with van der Waals surface area (Å²) in [5.74, 6) is -0.345. The van der Waals surface area contributed by atoms with Gasteiger partial charge >= 0.3 is 0 Å². The highest BCUT2D eigenvalue weighted by atomic mass is 19.1. The predicted molar refractivity (Wildman–Crippen MR) is 70.2 cm³/mol. The summed E-state index contributed by atoms with van der Waals surface area (Å²) in [5.41, 5.74) is 1.29. The maximum Gasteiger partial charge on any atom is 0.268 e. The van der Waals surface area contributed by atoms with Crippen LogP contribution in [0.5, 0.6) is 0 Å².